The lowest BCUT2D eigenvalue weighted by molar-refractivity contribution is 0.0641. The minimum atomic E-state index is -1.23. The second kappa shape index (κ2) is 10.3. The molecule has 0 saturated carbocycles. The van der Waals surface area contributed by atoms with E-state index in [9.17, 15) is 5.11 Å². The van der Waals surface area contributed by atoms with Crippen molar-refractivity contribution in [3.05, 3.63) is 118 Å². The quantitative estimate of drug-likeness (QED) is 0.286. The fraction of sp³-hybridized carbons (Fsp3) is 0.207. The van der Waals surface area contributed by atoms with E-state index < -0.39 is 5.60 Å². The highest BCUT2D eigenvalue weighted by atomic mass is 79.9. The van der Waals surface area contributed by atoms with Gasteiger partial charge in [-0.3, -0.25) is 0 Å². The zero-order valence-corrected chi connectivity index (χ0v) is 21.9. The van der Waals surface area contributed by atoms with E-state index in [4.69, 9.17) is 4.98 Å². The number of halogens is 1. The van der Waals surface area contributed by atoms with Gasteiger partial charge >= 0.3 is 0 Å². The average Bonchev–Trinajstić information content (AvgIpc) is 3.42. The number of pyridine rings is 1. The van der Waals surface area contributed by atoms with E-state index in [1.54, 1.807) is 17.1 Å². The van der Waals surface area contributed by atoms with Gasteiger partial charge in [-0.15, -0.1) is 5.10 Å². The number of hydrogen-bond donors (Lipinski definition) is 1. The van der Waals surface area contributed by atoms with Crippen LogP contribution in [0.1, 0.15) is 28.7 Å². The minimum Gasteiger partial charge on any atom is -0.380 e. The number of hydrogen-bond acceptors (Lipinski definition) is 5. The third-order valence-electron chi connectivity index (χ3n) is 6.43. The number of benzene rings is 3. The molecule has 7 heteroatoms. The number of rotatable bonds is 8. The van der Waals surface area contributed by atoms with Gasteiger partial charge in [-0.25, -0.2) is 9.67 Å². The van der Waals surface area contributed by atoms with Crippen LogP contribution in [0.15, 0.2) is 95.7 Å². The van der Waals surface area contributed by atoms with Gasteiger partial charge in [-0.05, 0) is 49.8 Å². The molecule has 0 bridgehead atoms. The molecular formula is C29H28BrN5O. The van der Waals surface area contributed by atoms with E-state index in [1.165, 1.54) is 5.56 Å². The summed E-state index contributed by atoms with van der Waals surface area (Å²) in [6.45, 7) is 0.710. The van der Waals surface area contributed by atoms with Gasteiger partial charge in [-0.2, -0.15) is 0 Å². The molecule has 0 spiro atoms. The molecule has 6 nitrogen and oxygen atoms in total. The Hall–Kier alpha value is -3.39. The number of fused-ring (bicyclic) bond motifs is 1. The average molecular weight is 542 g/mol. The molecule has 5 rings (SSSR count). The molecule has 1 unspecified atom stereocenters. The summed E-state index contributed by atoms with van der Waals surface area (Å²) in [5.74, 6) is 0.704. The molecule has 182 valence electrons. The van der Waals surface area contributed by atoms with Gasteiger partial charge in [0.25, 0.3) is 0 Å². The maximum absolute atomic E-state index is 12.3. The van der Waals surface area contributed by atoms with Crippen LogP contribution in [0.5, 0.6) is 0 Å². The highest BCUT2D eigenvalue weighted by molar-refractivity contribution is 9.10. The summed E-state index contributed by atoms with van der Waals surface area (Å²) in [4.78, 5) is 7.22. The molecule has 1 atom stereocenters. The summed E-state index contributed by atoms with van der Waals surface area (Å²) in [5, 5.41) is 21.5. The van der Waals surface area contributed by atoms with Crippen LogP contribution in [-0.4, -0.2) is 50.6 Å². The van der Waals surface area contributed by atoms with Gasteiger partial charge in [0, 0.05) is 34.0 Å². The number of aromatic nitrogens is 4. The van der Waals surface area contributed by atoms with Crippen LogP contribution in [0.3, 0.4) is 0 Å². The standard InChI is InChI=1S/C29H28BrN5O/c1-34(2)15-13-29(36,24-11-7-4-8-12-24)26-20-25(30)19-22-18-23(17-21-9-5-3-6-10-21)28(32-27(22)26)35-16-14-31-33-35/h3-12,14,16,18-20,36H,13,15,17H2,1-2H3. The second-order valence-electron chi connectivity index (χ2n) is 9.29. The first-order chi connectivity index (χ1) is 17.4. The first kappa shape index (κ1) is 24.3. The Bertz CT molecular complexity index is 1460. The van der Waals surface area contributed by atoms with E-state index in [0.29, 0.717) is 25.2 Å². The predicted molar refractivity (Wildman–Crippen MR) is 146 cm³/mol. The van der Waals surface area contributed by atoms with Gasteiger partial charge in [0.05, 0.1) is 17.9 Å². The Kier molecular flexibility index (Phi) is 6.96. The van der Waals surface area contributed by atoms with Gasteiger partial charge in [0.1, 0.15) is 5.60 Å². The van der Waals surface area contributed by atoms with Crippen LogP contribution < -0.4 is 0 Å². The lowest BCUT2D eigenvalue weighted by atomic mass is 9.82. The van der Waals surface area contributed by atoms with Crippen molar-refractivity contribution >= 4 is 26.8 Å². The fourth-order valence-electron chi connectivity index (χ4n) is 4.60. The van der Waals surface area contributed by atoms with E-state index >= 15 is 0 Å². The van der Waals surface area contributed by atoms with Crippen LogP contribution in [-0.2, 0) is 12.0 Å². The third-order valence-corrected chi connectivity index (χ3v) is 6.89. The molecular weight excluding hydrogens is 514 g/mol. The molecule has 0 aliphatic carbocycles. The summed E-state index contributed by atoms with van der Waals surface area (Å²) in [5.41, 5.74) is 3.31. The minimum absolute atomic E-state index is 0.516. The Labute approximate surface area is 219 Å². The van der Waals surface area contributed by atoms with Crippen LogP contribution >= 0.6 is 15.9 Å². The third kappa shape index (κ3) is 4.95. The zero-order valence-electron chi connectivity index (χ0n) is 20.3. The zero-order chi connectivity index (χ0) is 25.1. The fourth-order valence-corrected chi connectivity index (χ4v) is 5.08. The molecule has 0 aliphatic rings. The molecule has 2 aromatic heterocycles. The monoisotopic (exact) mass is 541 g/mol. The van der Waals surface area contributed by atoms with Crippen LogP contribution in [0, 0.1) is 0 Å². The summed E-state index contributed by atoms with van der Waals surface area (Å²) in [7, 11) is 4.03. The Morgan fingerprint density at radius 3 is 2.36 bits per heavy atom. The lowest BCUT2D eigenvalue weighted by Crippen LogP contribution is -2.32. The first-order valence-corrected chi connectivity index (χ1v) is 12.7. The van der Waals surface area contributed by atoms with Gasteiger partial charge in [-0.1, -0.05) is 81.8 Å². The van der Waals surface area contributed by atoms with E-state index in [0.717, 1.165) is 32.1 Å². The molecule has 1 N–H and O–H groups in total. The van der Waals surface area contributed by atoms with Crippen LogP contribution in [0.4, 0.5) is 0 Å². The Morgan fingerprint density at radius 1 is 0.972 bits per heavy atom. The highest BCUT2D eigenvalue weighted by Crippen LogP contribution is 2.39. The molecule has 0 saturated heterocycles. The number of nitrogens with zero attached hydrogens (tertiary/aromatic N) is 5. The molecule has 3 aromatic carbocycles. The van der Waals surface area contributed by atoms with Crippen molar-refractivity contribution in [2.45, 2.75) is 18.4 Å². The molecule has 5 aromatic rings. The molecule has 0 fully saturated rings. The molecule has 2 heterocycles. The Morgan fingerprint density at radius 2 is 1.69 bits per heavy atom. The van der Waals surface area contributed by atoms with E-state index in [-0.39, 0.29) is 0 Å². The maximum Gasteiger partial charge on any atom is 0.159 e. The largest absolute Gasteiger partial charge is 0.380 e. The van der Waals surface area contributed by atoms with E-state index in [1.807, 2.05) is 68.7 Å². The van der Waals surface area contributed by atoms with Gasteiger partial charge < -0.3 is 10.0 Å². The summed E-state index contributed by atoms with van der Waals surface area (Å²) >= 11 is 3.70. The SMILES string of the molecule is CN(C)CCC(O)(c1ccccc1)c1cc(Br)cc2cc(Cc3ccccc3)c(-n3ccnn3)nc12. The van der Waals surface area contributed by atoms with Gasteiger partial charge in [0.2, 0.25) is 0 Å². The second-order valence-corrected chi connectivity index (χ2v) is 10.2. The smallest absolute Gasteiger partial charge is 0.159 e. The Balaban J connectivity index is 1.75. The van der Waals surface area contributed by atoms with Crippen molar-refractivity contribution in [3.63, 3.8) is 0 Å². The highest BCUT2D eigenvalue weighted by Gasteiger charge is 2.34. The van der Waals surface area contributed by atoms with Crippen molar-refractivity contribution in [2.75, 3.05) is 20.6 Å². The maximum atomic E-state index is 12.3. The van der Waals surface area contributed by atoms with Crippen molar-refractivity contribution < 1.29 is 5.11 Å². The van der Waals surface area contributed by atoms with E-state index in [2.05, 4.69) is 55.4 Å². The predicted octanol–water partition coefficient (Wildman–Crippen LogP) is 5.36. The van der Waals surface area contributed by atoms with Crippen molar-refractivity contribution in [2.24, 2.45) is 0 Å². The summed E-state index contributed by atoms with van der Waals surface area (Å²) < 4.78 is 2.59. The van der Waals surface area contributed by atoms with Crippen molar-refractivity contribution in [3.8, 4) is 5.82 Å². The van der Waals surface area contributed by atoms with Crippen molar-refractivity contribution in [1.29, 1.82) is 0 Å². The molecule has 0 radical (unpaired) electrons. The molecule has 0 aliphatic heterocycles. The first-order valence-electron chi connectivity index (χ1n) is 11.9. The van der Waals surface area contributed by atoms with Gasteiger partial charge in [0.15, 0.2) is 5.82 Å². The summed E-state index contributed by atoms with van der Waals surface area (Å²) in [6, 6.07) is 26.3. The van der Waals surface area contributed by atoms with Crippen LogP contribution in [0.2, 0.25) is 0 Å². The topological polar surface area (TPSA) is 67.1 Å². The molecule has 36 heavy (non-hydrogen) atoms. The normalized spacial score (nSPS) is 13.2. The molecule has 0 amide bonds. The van der Waals surface area contributed by atoms with Crippen LogP contribution in [0.25, 0.3) is 16.7 Å². The number of aliphatic hydroxyl groups is 1. The van der Waals surface area contributed by atoms with Crippen molar-refractivity contribution in [1.82, 2.24) is 24.9 Å². The lowest BCUT2D eigenvalue weighted by Gasteiger charge is -2.32. The summed E-state index contributed by atoms with van der Waals surface area (Å²) in [6.07, 6.45) is 4.67.